The normalized spacial score (nSPS) is 19.9. The van der Waals surface area contributed by atoms with Crippen molar-refractivity contribution in [3.05, 3.63) is 5.01 Å². The molecule has 0 spiro atoms. The minimum absolute atomic E-state index is 0.0360. The predicted molar refractivity (Wildman–Crippen MR) is 85.4 cm³/mol. The predicted octanol–water partition coefficient (Wildman–Crippen LogP) is 2.64. The number of anilines is 1. The van der Waals surface area contributed by atoms with Crippen molar-refractivity contribution >= 4 is 28.5 Å². The largest absolute Gasteiger partial charge is 0.340 e. The highest BCUT2D eigenvalue weighted by molar-refractivity contribution is 7.84. The Morgan fingerprint density at radius 2 is 1.95 bits per heavy atom. The van der Waals surface area contributed by atoms with Crippen LogP contribution < -0.4 is 9.62 Å². The van der Waals surface area contributed by atoms with Crippen molar-refractivity contribution in [1.29, 1.82) is 0 Å². The highest BCUT2D eigenvalue weighted by Gasteiger charge is 2.24. The maximum Gasteiger partial charge on any atom is 0.237 e. The lowest BCUT2D eigenvalue weighted by atomic mass is 10.1. The topological polar surface area (TPSA) is 58.1 Å². The summed E-state index contributed by atoms with van der Waals surface area (Å²) in [6, 6.07) is -0.0360. The highest BCUT2D eigenvalue weighted by atomic mass is 32.2. The van der Waals surface area contributed by atoms with E-state index in [-0.39, 0.29) is 10.8 Å². The second kappa shape index (κ2) is 6.49. The molecule has 0 aromatic carbocycles. The first-order valence-corrected chi connectivity index (χ1v) is 9.07. The van der Waals surface area contributed by atoms with Crippen molar-refractivity contribution in [3.8, 4) is 0 Å². The molecule has 7 heteroatoms. The molecule has 0 bridgehead atoms. The molecule has 2 heterocycles. The molecule has 1 saturated heterocycles. The van der Waals surface area contributed by atoms with Crippen LogP contribution >= 0.6 is 11.5 Å². The van der Waals surface area contributed by atoms with Crippen LogP contribution in [0.4, 0.5) is 5.95 Å². The number of hydrogen-bond donors (Lipinski definition) is 1. The van der Waals surface area contributed by atoms with Gasteiger partial charge in [-0.25, -0.2) is 13.9 Å². The van der Waals surface area contributed by atoms with Crippen LogP contribution in [0, 0.1) is 0 Å². The third-order valence-corrected chi connectivity index (χ3v) is 5.85. The van der Waals surface area contributed by atoms with E-state index in [0.29, 0.717) is 0 Å². The van der Waals surface area contributed by atoms with Gasteiger partial charge in [0.25, 0.3) is 0 Å². The second-order valence-electron chi connectivity index (χ2n) is 6.20. The Balaban J connectivity index is 1.99. The van der Waals surface area contributed by atoms with Gasteiger partial charge >= 0.3 is 0 Å². The van der Waals surface area contributed by atoms with Crippen molar-refractivity contribution in [2.45, 2.75) is 57.7 Å². The van der Waals surface area contributed by atoms with Crippen molar-refractivity contribution in [3.63, 3.8) is 0 Å². The fraction of sp³-hybridized carbons (Fsp3) is 0.846. The number of piperidine rings is 1. The van der Waals surface area contributed by atoms with E-state index >= 15 is 0 Å². The first kappa shape index (κ1) is 15.9. The molecule has 5 nitrogen and oxygen atoms in total. The van der Waals surface area contributed by atoms with Gasteiger partial charge in [-0.05, 0) is 58.5 Å². The molecule has 1 aromatic heterocycles. The van der Waals surface area contributed by atoms with E-state index in [1.165, 1.54) is 30.8 Å². The number of hydrogen-bond acceptors (Lipinski definition) is 5. The summed E-state index contributed by atoms with van der Waals surface area (Å²) in [5.41, 5.74) is 0. The smallest absolute Gasteiger partial charge is 0.237 e. The van der Waals surface area contributed by atoms with Gasteiger partial charge in [-0.15, -0.1) is 0 Å². The van der Waals surface area contributed by atoms with E-state index in [4.69, 9.17) is 0 Å². The third kappa shape index (κ3) is 3.99. The minimum atomic E-state index is -1.09. The van der Waals surface area contributed by atoms with Crippen molar-refractivity contribution < 1.29 is 4.21 Å². The first-order chi connectivity index (χ1) is 9.38. The van der Waals surface area contributed by atoms with Crippen LogP contribution in [0.25, 0.3) is 0 Å². The maximum absolute atomic E-state index is 12.1. The van der Waals surface area contributed by atoms with Crippen LogP contribution in [-0.2, 0) is 11.0 Å². The lowest BCUT2D eigenvalue weighted by Gasteiger charge is -2.25. The van der Waals surface area contributed by atoms with Gasteiger partial charge in [-0.1, -0.05) is 0 Å². The summed E-state index contributed by atoms with van der Waals surface area (Å²) >= 11 is 1.40. The van der Waals surface area contributed by atoms with E-state index in [2.05, 4.69) is 19.0 Å². The molecule has 0 aliphatic carbocycles. The molecule has 1 unspecified atom stereocenters. The van der Waals surface area contributed by atoms with Crippen molar-refractivity contribution in [1.82, 2.24) is 14.1 Å². The summed E-state index contributed by atoms with van der Waals surface area (Å²) in [5, 5.41) is 0.906. The van der Waals surface area contributed by atoms with Gasteiger partial charge in [-0.3, -0.25) is 0 Å². The Bertz CT molecular complexity index is 463. The summed E-state index contributed by atoms with van der Waals surface area (Å²) in [7, 11) is -1.09. The molecule has 20 heavy (non-hydrogen) atoms. The van der Waals surface area contributed by atoms with Crippen LogP contribution in [0.15, 0.2) is 0 Å². The van der Waals surface area contributed by atoms with E-state index in [1.54, 1.807) is 0 Å². The van der Waals surface area contributed by atoms with Gasteiger partial charge in [0.1, 0.15) is 5.01 Å². The van der Waals surface area contributed by atoms with Gasteiger partial charge in [0.2, 0.25) is 5.95 Å². The lowest BCUT2D eigenvalue weighted by Crippen LogP contribution is -2.35. The SMILES string of the molecule is C[C@H](NS(=O)C(C)(C)C)c1nc(N2CCCCC2)ns1. The molecule has 1 N–H and O–H groups in total. The summed E-state index contributed by atoms with van der Waals surface area (Å²) in [5.74, 6) is 0.833. The van der Waals surface area contributed by atoms with Crippen molar-refractivity contribution in [2.75, 3.05) is 18.0 Å². The number of rotatable bonds is 4. The molecule has 2 atom stereocenters. The Morgan fingerprint density at radius 1 is 1.30 bits per heavy atom. The molecular weight excluding hydrogens is 292 g/mol. The van der Waals surface area contributed by atoms with Crippen LogP contribution in [0.3, 0.4) is 0 Å². The fourth-order valence-electron chi connectivity index (χ4n) is 2.01. The molecular formula is C13H24N4OS2. The Kier molecular flexibility index (Phi) is 5.14. The van der Waals surface area contributed by atoms with Crippen LogP contribution in [0.1, 0.15) is 58.0 Å². The average Bonchev–Trinajstić information content (AvgIpc) is 2.88. The molecule has 0 saturated carbocycles. The molecule has 1 fully saturated rings. The van der Waals surface area contributed by atoms with Gasteiger partial charge in [0.15, 0.2) is 0 Å². The molecule has 0 radical (unpaired) electrons. The standard InChI is InChI=1S/C13H24N4OS2/c1-10(16-20(18)13(2,3)4)11-14-12(15-19-11)17-8-6-5-7-9-17/h10,16H,5-9H2,1-4H3/t10-,20?/m0/s1. The van der Waals surface area contributed by atoms with E-state index in [0.717, 1.165) is 24.0 Å². The van der Waals surface area contributed by atoms with Crippen LogP contribution in [0.2, 0.25) is 0 Å². The Labute approximate surface area is 127 Å². The number of nitrogens with one attached hydrogen (secondary N) is 1. The number of nitrogens with zero attached hydrogens (tertiary/aromatic N) is 3. The van der Waals surface area contributed by atoms with E-state index < -0.39 is 11.0 Å². The first-order valence-electron chi connectivity index (χ1n) is 7.14. The Hall–Kier alpha value is -0.530. The van der Waals surface area contributed by atoms with Gasteiger partial charge in [0, 0.05) is 13.1 Å². The van der Waals surface area contributed by atoms with Gasteiger partial charge in [-0.2, -0.15) is 4.37 Å². The number of aromatic nitrogens is 2. The van der Waals surface area contributed by atoms with Crippen LogP contribution in [0.5, 0.6) is 0 Å². The molecule has 2 rings (SSSR count). The average molecular weight is 316 g/mol. The Morgan fingerprint density at radius 3 is 2.55 bits per heavy atom. The monoisotopic (exact) mass is 316 g/mol. The van der Waals surface area contributed by atoms with Crippen molar-refractivity contribution in [2.24, 2.45) is 0 Å². The molecule has 1 aliphatic rings. The van der Waals surface area contributed by atoms with Gasteiger partial charge in [0.05, 0.1) is 21.8 Å². The van der Waals surface area contributed by atoms with Crippen LogP contribution in [-0.4, -0.2) is 31.4 Å². The third-order valence-electron chi connectivity index (χ3n) is 3.28. The highest BCUT2D eigenvalue weighted by Crippen LogP contribution is 2.23. The molecule has 0 amide bonds. The van der Waals surface area contributed by atoms with Gasteiger partial charge < -0.3 is 4.90 Å². The summed E-state index contributed by atoms with van der Waals surface area (Å²) in [6.45, 7) is 9.97. The quantitative estimate of drug-likeness (QED) is 0.928. The summed E-state index contributed by atoms with van der Waals surface area (Å²) < 4.78 is 19.4. The summed E-state index contributed by atoms with van der Waals surface area (Å²) in [6.07, 6.45) is 3.74. The van der Waals surface area contributed by atoms with E-state index in [9.17, 15) is 4.21 Å². The minimum Gasteiger partial charge on any atom is -0.340 e. The zero-order chi connectivity index (χ0) is 14.8. The summed E-state index contributed by atoms with van der Waals surface area (Å²) in [4.78, 5) is 6.85. The fourth-order valence-corrected chi connectivity index (χ4v) is 3.54. The molecule has 1 aromatic rings. The zero-order valence-corrected chi connectivity index (χ0v) is 14.3. The molecule has 1 aliphatic heterocycles. The van der Waals surface area contributed by atoms with E-state index in [1.807, 2.05) is 27.7 Å². The zero-order valence-electron chi connectivity index (χ0n) is 12.7. The maximum atomic E-state index is 12.1. The second-order valence-corrected chi connectivity index (χ2v) is 8.98. The lowest BCUT2D eigenvalue weighted by molar-refractivity contribution is 0.568. The molecule has 114 valence electrons.